The number of nitrogens with two attached hydrogens (primary N) is 2. The molecule has 0 aliphatic carbocycles. The third-order valence-corrected chi connectivity index (χ3v) is 5.83. The SMILES string of the molecule is Nc1ccccc1-c1cccc(-c2cccc(-c3cccc(-c4ccccc4)c3)c2)c1N. The second-order valence-corrected chi connectivity index (χ2v) is 7.88. The Balaban J connectivity index is 1.56. The van der Waals surface area contributed by atoms with Gasteiger partial charge in [0.25, 0.3) is 0 Å². The van der Waals surface area contributed by atoms with E-state index in [0.29, 0.717) is 0 Å². The molecule has 32 heavy (non-hydrogen) atoms. The summed E-state index contributed by atoms with van der Waals surface area (Å²) in [5, 5.41) is 0. The minimum atomic E-state index is 0.725. The zero-order valence-corrected chi connectivity index (χ0v) is 17.7. The fourth-order valence-electron chi connectivity index (χ4n) is 4.17. The molecular formula is C30H24N2. The van der Waals surface area contributed by atoms with Gasteiger partial charge in [0.05, 0.1) is 0 Å². The van der Waals surface area contributed by atoms with Gasteiger partial charge in [0.1, 0.15) is 0 Å². The summed E-state index contributed by atoms with van der Waals surface area (Å²) in [5.74, 6) is 0. The first-order valence-corrected chi connectivity index (χ1v) is 10.7. The number of anilines is 2. The largest absolute Gasteiger partial charge is 0.398 e. The lowest BCUT2D eigenvalue weighted by Crippen LogP contribution is -1.97. The monoisotopic (exact) mass is 412 g/mol. The first kappa shape index (κ1) is 19.7. The van der Waals surface area contributed by atoms with Crippen LogP contribution in [0.1, 0.15) is 0 Å². The summed E-state index contributed by atoms with van der Waals surface area (Å²) in [6.07, 6.45) is 0. The summed E-state index contributed by atoms with van der Waals surface area (Å²) in [6.45, 7) is 0. The molecule has 0 heterocycles. The van der Waals surface area contributed by atoms with E-state index in [1.165, 1.54) is 16.7 Å². The molecule has 0 amide bonds. The fraction of sp³-hybridized carbons (Fsp3) is 0. The average molecular weight is 413 g/mol. The van der Waals surface area contributed by atoms with Gasteiger partial charge >= 0.3 is 0 Å². The maximum Gasteiger partial charge on any atom is 0.0474 e. The van der Waals surface area contributed by atoms with E-state index in [-0.39, 0.29) is 0 Å². The third kappa shape index (κ3) is 3.75. The predicted octanol–water partition coefficient (Wildman–Crippen LogP) is 7.52. The third-order valence-electron chi connectivity index (χ3n) is 5.83. The van der Waals surface area contributed by atoms with Gasteiger partial charge in [-0.3, -0.25) is 0 Å². The number of hydrogen-bond acceptors (Lipinski definition) is 2. The Bertz CT molecular complexity index is 1390. The van der Waals surface area contributed by atoms with Crippen LogP contribution in [0, 0.1) is 0 Å². The van der Waals surface area contributed by atoms with Gasteiger partial charge in [0.2, 0.25) is 0 Å². The standard InChI is InChI=1S/C30H24N2/c31-29-18-5-4-15-27(29)28-17-8-16-26(30(28)32)25-14-7-13-24(20-25)23-12-6-11-22(19-23)21-9-2-1-3-10-21/h1-20H,31-32H2. The van der Waals surface area contributed by atoms with Crippen molar-refractivity contribution in [3.63, 3.8) is 0 Å². The van der Waals surface area contributed by atoms with E-state index in [1.54, 1.807) is 0 Å². The molecule has 0 unspecified atom stereocenters. The van der Waals surface area contributed by atoms with E-state index < -0.39 is 0 Å². The van der Waals surface area contributed by atoms with Gasteiger partial charge in [-0.2, -0.15) is 0 Å². The van der Waals surface area contributed by atoms with Crippen molar-refractivity contribution in [1.82, 2.24) is 0 Å². The normalized spacial score (nSPS) is 10.8. The maximum atomic E-state index is 6.65. The van der Waals surface area contributed by atoms with Crippen molar-refractivity contribution in [2.75, 3.05) is 11.5 Å². The number of para-hydroxylation sites is 2. The summed E-state index contributed by atoms with van der Waals surface area (Å²) in [4.78, 5) is 0. The zero-order valence-electron chi connectivity index (χ0n) is 17.7. The first-order chi connectivity index (χ1) is 15.7. The first-order valence-electron chi connectivity index (χ1n) is 10.7. The van der Waals surface area contributed by atoms with E-state index in [4.69, 9.17) is 11.5 Å². The van der Waals surface area contributed by atoms with Crippen LogP contribution >= 0.6 is 0 Å². The molecule has 0 fully saturated rings. The highest BCUT2D eigenvalue weighted by Crippen LogP contribution is 2.38. The lowest BCUT2D eigenvalue weighted by atomic mass is 9.93. The van der Waals surface area contributed by atoms with Gasteiger partial charge in [0.15, 0.2) is 0 Å². The smallest absolute Gasteiger partial charge is 0.0474 e. The molecule has 5 aromatic rings. The number of benzene rings is 5. The van der Waals surface area contributed by atoms with Crippen molar-refractivity contribution in [1.29, 1.82) is 0 Å². The Kier molecular flexibility index (Phi) is 5.19. The summed E-state index contributed by atoms with van der Waals surface area (Å²) in [6, 6.07) is 41.6. The van der Waals surface area contributed by atoms with Gasteiger partial charge in [0, 0.05) is 28.1 Å². The minimum absolute atomic E-state index is 0.725. The average Bonchev–Trinajstić information content (AvgIpc) is 2.85. The lowest BCUT2D eigenvalue weighted by molar-refractivity contribution is 1.56. The molecule has 0 bridgehead atoms. The molecule has 2 nitrogen and oxygen atoms in total. The van der Waals surface area contributed by atoms with Crippen LogP contribution in [0.2, 0.25) is 0 Å². The fourth-order valence-corrected chi connectivity index (χ4v) is 4.17. The van der Waals surface area contributed by atoms with Crippen LogP contribution in [0.5, 0.6) is 0 Å². The molecule has 0 atom stereocenters. The second kappa shape index (κ2) is 8.44. The molecule has 0 radical (unpaired) electrons. The summed E-state index contributed by atoms with van der Waals surface area (Å²) < 4.78 is 0. The van der Waals surface area contributed by atoms with Crippen LogP contribution in [-0.2, 0) is 0 Å². The molecule has 0 saturated carbocycles. The van der Waals surface area contributed by atoms with Crippen molar-refractivity contribution in [3.05, 3.63) is 121 Å². The van der Waals surface area contributed by atoms with Crippen LogP contribution in [0.4, 0.5) is 11.4 Å². The van der Waals surface area contributed by atoms with Crippen molar-refractivity contribution in [3.8, 4) is 44.5 Å². The maximum absolute atomic E-state index is 6.65. The van der Waals surface area contributed by atoms with Crippen molar-refractivity contribution >= 4 is 11.4 Å². The van der Waals surface area contributed by atoms with Gasteiger partial charge in [-0.15, -0.1) is 0 Å². The molecule has 0 aromatic heterocycles. The summed E-state index contributed by atoms with van der Waals surface area (Å²) in [7, 11) is 0. The van der Waals surface area contributed by atoms with Crippen LogP contribution in [0.15, 0.2) is 121 Å². The highest BCUT2D eigenvalue weighted by Gasteiger charge is 2.12. The molecule has 5 rings (SSSR count). The van der Waals surface area contributed by atoms with Gasteiger partial charge < -0.3 is 11.5 Å². The number of nitrogen functional groups attached to an aromatic ring is 2. The van der Waals surface area contributed by atoms with Crippen molar-refractivity contribution in [2.45, 2.75) is 0 Å². The molecule has 154 valence electrons. The molecule has 2 heteroatoms. The Morgan fingerprint density at radius 3 is 1.53 bits per heavy atom. The van der Waals surface area contributed by atoms with Crippen LogP contribution in [-0.4, -0.2) is 0 Å². The molecule has 0 spiro atoms. The Hall–Kier alpha value is -4.30. The second-order valence-electron chi connectivity index (χ2n) is 7.88. The van der Waals surface area contributed by atoms with Gasteiger partial charge in [-0.05, 0) is 46.0 Å². The molecule has 0 saturated heterocycles. The van der Waals surface area contributed by atoms with Gasteiger partial charge in [-0.25, -0.2) is 0 Å². The van der Waals surface area contributed by atoms with E-state index in [2.05, 4.69) is 78.9 Å². The Morgan fingerprint density at radius 1 is 0.344 bits per heavy atom. The number of hydrogen-bond donors (Lipinski definition) is 2. The predicted molar refractivity (Wildman–Crippen MR) is 137 cm³/mol. The van der Waals surface area contributed by atoms with Crippen molar-refractivity contribution in [2.24, 2.45) is 0 Å². The summed E-state index contributed by atoms with van der Waals surface area (Å²) >= 11 is 0. The Morgan fingerprint density at radius 2 is 0.812 bits per heavy atom. The zero-order chi connectivity index (χ0) is 21.9. The lowest BCUT2D eigenvalue weighted by Gasteiger charge is -2.14. The number of rotatable bonds is 4. The topological polar surface area (TPSA) is 52.0 Å². The molecule has 4 N–H and O–H groups in total. The van der Waals surface area contributed by atoms with Crippen LogP contribution in [0.3, 0.4) is 0 Å². The van der Waals surface area contributed by atoms with Crippen LogP contribution in [0.25, 0.3) is 44.5 Å². The van der Waals surface area contributed by atoms with Crippen LogP contribution < -0.4 is 11.5 Å². The van der Waals surface area contributed by atoms with Crippen molar-refractivity contribution < 1.29 is 0 Å². The highest BCUT2D eigenvalue weighted by molar-refractivity contribution is 5.93. The van der Waals surface area contributed by atoms with E-state index in [0.717, 1.165) is 39.2 Å². The van der Waals surface area contributed by atoms with E-state index >= 15 is 0 Å². The molecule has 0 aliphatic rings. The highest BCUT2D eigenvalue weighted by atomic mass is 14.6. The van der Waals surface area contributed by atoms with Gasteiger partial charge in [-0.1, -0.05) is 103 Å². The molecule has 0 aliphatic heterocycles. The minimum Gasteiger partial charge on any atom is -0.398 e. The Labute approximate surface area is 188 Å². The van der Waals surface area contributed by atoms with E-state index in [1.807, 2.05) is 42.5 Å². The quantitative estimate of drug-likeness (QED) is 0.300. The molecular weight excluding hydrogens is 388 g/mol. The van der Waals surface area contributed by atoms with E-state index in [9.17, 15) is 0 Å². The summed E-state index contributed by atoms with van der Waals surface area (Å²) in [5.41, 5.74) is 23.1. The molecule has 5 aromatic carbocycles.